The van der Waals surface area contributed by atoms with E-state index in [1.165, 1.54) is 6.33 Å². The maximum atomic E-state index is 5.59. The lowest BCUT2D eigenvalue weighted by Gasteiger charge is -2.07. The van der Waals surface area contributed by atoms with E-state index in [9.17, 15) is 0 Å². The van der Waals surface area contributed by atoms with E-state index in [2.05, 4.69) is 15.3 Å². The number of aromatic nitrogens is 2. The fourth-order valence-electron chi connectivity index (χ4n) is 1.32. The van der Waals surface area contributed by atoms with Gasteiger partial charge in [-0.25, -0.2) is 9.97 Å². The van der Waals surface area contributed by atoms with Gasteiger partial charge in [-0.15, -0.1) is 0 Å². The Kier molecular flexibility index (Phi) is 3.40. The van der Waals surface area contributed by atoms with Crippen LogP contribution in [0.15, 0.2) is 36.7 Å². The number of anilines is 1. The summed E-state index contributed by atoms with van der Waals surface area (Å²) >= 11 is 0. The van der Waals surface area contributed by atoms with Crippen molar-refractivity contribution in [2.45, 2.75) is 0 Å². The molecule has 0 aliphatic rings. The molecule has 0 aliphatic carbocycles. The number of methoxy groups -OCH3 is 1. The Morgan fingerprint density at radius 3 is 2.71 bits per heavy atom. The van der Waals surface area contributed by atoms with Crippen molar-refractivity contribution in [1.29, 1.82) is 0 Å². The van der Waals surface area contributed by atoms with Crippen LogP contribution in [0.3, 0.4) is 0 Å². The molecule has 88 valence electrons. The molecule has 0 amide bonds. The number of hydrogen-bond donors (Lipinski definition) is 1. The average molecular weight is 231 g/mol. The topological polar surface area (TPSA) is 56.3 Å². The molecule has 0 spiro atoms. The summed E-state index contributed by atoms with van der Waals surface area (Å²) in [6.07, 6.45) is 1.45. The monoisotopic (exact) mass is 231 g/mol. The molecule has 0 saturated heterocycles. The van der Waals surface area contributed by atoms with Gasteiger partial charge in [-0.1, -0.05) is 6.07 Å². The summed E-state index contributed by atoms with van der Waals surface area (Å²) in [5.41, 5.74) is 0. The zero-order valence-corrected chi connectivity index (χ0v) is 9.68. The molecule has 5 heteroatoms. The highest BCUT2D eigenvalue weighted by Gasteiger charge is 2.01. The molecular weight excluding hydrogens is 218 g/mol. The Hall–Kier alpha value is -2.30. The van der Waals surface area contributed by atoms with Crippen LogP contribution in [0.25, 0.3) is 0 Å². The van der Waals surface area contributed by atoms with Gasteiger partial charge in [-0.3, -0.25) is 0 Å². The summed E-state index contributed by atoms with van der Waals surface area (Å²) in [6, 6.07) is 9.06. The van der Waals surface area contributed by atoms with Crippen molar-refractivity contribution < 1.29 is 9.47 Å². The minimum atomic E-state index is 0.484. The molecule has 0 aliphatic heterocycles. The van der Waals surface area contributed by atoms with E-state index < -0.39 is 0 Å². The van der Waals surface area contributed by atoms with Crippen molar-refractivity contribution in [1.82, 2.24) is 9.97 Å². The third kappa shape index (κ3) is 2.84. The van der Waals surface area contributed by atoms with Crippen molar-refractivity contribution in [3.8, 4) is 17.4 Å². The van der Waals surface area contributed by atoms with Gasteiger partial charge in [0.05, 0.1) is 7.11 Å². The third-order valence-electron chi connectivity index (χ3n) is 2.16. The summed E-state index contributed by atoms with van der Waals surface area (Å²) in [5.74, 6) is 2.60. The number of benzene rings is 1. The van der Waals surface area contributed by atoms with Crippen LogP contribution in [0, 0.1) is 0 Å². The Bertz CT molecular complexity index is 457. The first-order chi connectivity index (χ1) is 8.31. The Morgan fingerprint density at radius 1 is 1.12 bits per heavy atom. The van der Waals surface area contributed by atoms with E-state index >= 15 is 0 Å². The molecule has 1 aromatic carbocycles. The quantitative estimate of drug-likeness (QED) is 0.875. The minimum absolute atomic E-state index is 0.484. The lowest BCUT2D eigenvalue weighted by Crippen LogP contribution is -1.95. The normalized spacial score (nSPS) is 9.76. The molecule has 1 aromatic heterocycles. The molecule has 0 bridgehead atoms. The molecule has 1 N–H and O–H groups in total. The second-order valence-corrected chi connectivity index (χ2v) is 3.27. The maximum absolute atomic E-state index is 5.59. The lowest BCUT2D eigenvalue weighted by molar-refractivity contribution is 0.407. The Morgan fingerprint density at radius 2 is 1.94 bits per heavy atom. The van der Waals surface area contributed by atoms with Gasteiger partial charge in [-0.05, 0) is 12.1 Å². The average Bonchev–Trinajstić information content (AvgIpc) is 2.39. The van der Waals surface area contributed by atoms with Crippen LogP contribution in [0.2, 0.25) is 0 Å². The predicted molar refractivity (Wildman–Crippen MR) is 64.6 cm³/mol. The number of ether oxygens (including phenoxy) is 2. The van der Waals surface area contributed by atoms with Crippen molar-refractivity contribution in [2.75, 3.05) is 19.5 Å². The third-order valence-corrected chi connectivity index (χ3v) is 2.16. The van der Waals surface area contributed by atoms with E-state index in [-0.39, 0.29) is 0 Å². The van der Waals surface area contributed by atoms with Gasteiger partial charge in [0, 0.05) is 19.2 Å². The summed E-state index contributed by atoms with van der Waals surface area (Å²) in [5, 5.41) is 2.92. The molecule has 0 fully saturated rings. The predicted octanol–water partition coefficient (Wildman–Crippen LogP) is 2.32. The molecule has 0 radical (unpaired) electrons. The molecular formula is C12H13N3O2. The van der Waals surface area contributed by atoms with E-state index in [0.717, 1.165) is 5.75 Å². The van der Waals surface area contributed by atoms with Gasteiger partial charge < -0.3 is 14.8 Å². The van der Waals surface area contributed by atoms with E-state index in [0.29, 0.717) is 17.4 Å². The van der Waals surface area contributed by atoms with Crippen molar-refractivity contribution in [2.24, 2.45) is 0 Å². The second-order valence-electron chi connectivity index (χ2n) is 3.27. The van der Waals surface area contributed by atoms with E-state index in [1.54, 1.807) is 26.3 Å². The lowest BCUT2D eigenvalue weighted by atomic mass is 10.3. The number of nitrogens with zero attached hydrogens (tertiary/aromatic N) is 2. The van der Waals surface area contributed by atoms with E-state index in [4.69, 9.17) is 9.47 Å². The highest BCUT2D eigenvalue weighted by Crippen LogP contribution is 2.24. The molecule has 5 nitrogen and oxygen atoms in total. The van der Waals surface area contributed by atoms with Gasteiger partial charge in [0.1, 0.15) is 23.6 Å². The van der Waals surface area contributed by atoms with Gasteiger partial charge in [0.15, 0.2) is 0 Å². The SMILES string of the molecule is CNc1cc(Oc2cccc(OC)c2)ncn1. The first kappa shape index (κ1) is 11.2. The van der Waals surface area contributed by atoms with Crippen LogP contribution >= 0.6 is 0 Å². The van der Waals surface area contributed by atoms with Crippen LogP contribution in [0.5, 0.6) is 17.4 Å². The second kappa shape index (κ2) is 5.16. The smallest absolute Gasteiger partial charge is 0.224 e. The zero-order chi connectivity index (χ0) is 12.1. The first-order valence-corrected chi connectivity index (χ1v) is 5.13. The van der Waals surface area contributed by atoms with Crippen LogP contribution < -0.4 is 14.8 Å². The molecule has 2 aromatic rings. The molecule has 17 heavy (non-hydrogen) atoms. The molecule has 2 rings (SSSR count). The first-order valence-electron chi connectivity index (χ1n) is 5.13. The van der Waals surface area contributed by atoms with Crippen molar-refractivity contribution >= 4 is 5.82 Å². The Balaban J connectivity index is 2.18. The van der Waals surface area contributed by atoms with Gasteiger partial charge in [-0.2, -0.15) is 0 Å². The van der Waals surface area contributed by atoms with Crippen molar-refractivity contribution in [3.05, 3.63) is 36.7 Å². The number of hydrogen-bond acceptors (Lipinski definition) is 5. The highest BCUT2D eigenvalue weighted by molar-refractivity contribution is 5.39. The number of nitrogens with one attached hydrogen (secondary N) is 1. The number of rotatable bonds is 4. The molecule has 0 saturated carbocycles. The summed E-state index contributed by atoms with van der Waals surface area (Å²) in [6.45, 7) is 0. The van der Waals surface area contributed by atoms with Crippen LogP contribution in [0.4, 0.5) is 5.82 Å². The van der Waals surface area contributed by atoms with Crippen LogP contribution in [0.1, 0.15) is 0 Å². The largest absolute Gasteiger partial charge is 0.497 e. The van der Waals surface area contributed by atoms with Crippen LogP contribution in [-0.2, 0) is 0 Å². The molecule has 0 unspecified atom stereocenters. The fraction of sp³-hybridized carbons (Fsp3) is 0.167. The van der Waals surface area contributed by atoms with E-state index in [1.807, 2.05) is 18.2 Å². The fourth-order valence-corrected chi connectivity index (χ4v) is 1.32. The maximum Gasteiger partial charge on any atom is 0.224 e. The highest BCUT2D eigenvalue weighted by atomic mass is 16.5. The summed E-state index contributed by atoms with van der Waals surface area (Å²) < 4.78 is 10.7. The Labute approximate surface area is 99.4 Å². The summed E-state index contributed by atoms with van der Waals surface area (Å²) in [7, 11) is 3.40. The zero-order valence-electron chi connectivity index (χ0n) is 9.68. The minimum Gasteiger partial charge on any atom is -0.497 e. The molecule has 1 heterocycles. The van der Waals surface area contributed by atoms with Gasteiger partial charge in [0.2, 0.25) is 5.88 Å². The standard InChI is InChI=1S/C12H13N3O2/c1-13-11-7-12(15-8-14-11)17-10-5-3-4-9(6-10)16-2/h3-8H,1-2H3,(H,13,14,15). The molecule has 0 atom stereocenters. The van der Waals surface area contributed by atoms with Gasteiger partial charge >= 0.3 is 0 Å². The van der Waals surface area contributed by atoms with Crippen LogP contribution in [-0.4, -0.2) is 24.1 Å². The summed E-state index contributed by atoms with van der Waals surface area (Å²) in [4.78, 5) is 8.03. The van der Waals surface area contributed by atoms with Gasteiger partial charge in [0.25, 0.3) is 0 Å². The van der Waals surface area contributed by atoms with Crippen molar-refractivity contribution in [3.63, 3.8) is 0 Å².